The highest BCUT2D eigenvalue weighted by molar-refractivity contribution is 5.80. The van der Waals surface area contributed by atoms with Gasteiger partial charge in [-0.05, 0) is 70.6 Å². The summed E-state index contributed by atoms with van der Waals surface area (Å²) in [6.45, 7) is 3.46. The molecule has 1 fully saturated rings. The maximum atomic E-state index is 13.2. The van der Waals surface area contributed by atoms with Gasteiger partial charge in [0.05, 0.1) is 25.4 Å². The van der Waals surface area contributed by atoms with E-state index in [4.69, 9.17) is 9.47 Å². The molecule has 1 rings (SSSR count). The Balaban J connectivity index is 2.31. The molecule has 9 atom stereocenters. The lowest BCUT2D eigenvalue weighted by molar-refractivity contribution is -0.303. The average Bonchev–Trinajstić information content (AvgIpc) is 3.36. The fraction of sp³-hybridized carbons (Fsp3) is 0.881. The Morgan fingerprint density at radius 1 is 0.500 bits per heavy atom. The van der Waals surface area contributed by atoms with Gasteiger partial charge in [0.2, 0.25) is 5.91 Å². The van der Waals surface area contributed by atoms with Crippen LogP contribution in [0.3, 0.4) is 0 Å². The number of ether oxygens (including phenoxy) is 2. The number of aliphatic hydroxyl groups excluding tert-OH is 7. The quantitative estimate of drug-likeness (QED) is 0.0215. The molecule has 8 N–H and O–H groups in total. The van der Waals surface area contributed by atoms with Crippen LogP contribution in [-0.4, -0.2) is 110 Å². The predicted molar refractivity (Wildman–Crippen MR) is 289 cm³/mol. The van der Waals surface area contributed by atoms with Crippen LogP contribution in [0, 0.1) is 0 Å². The summed E-state index contributed by atoms with van der Waals surface area (Å²) in [4.78, 5) is 13.2. The van der Waals surface area contributed by atoms with Crippen LogP contribution in [0.5, 0.6) is 0 Å². The lowest BCUT2D eigenvalue weighted by Crippen LogP contribution is -2.60. The second kappa shape index (κ2) is 48.3. The van der Waals surface area contributed by atoms with Crippen molar-refractivity contribution in [3.8, 4) is 0 Å². The van der Waals surface area contributed by atoms with Crippen molar-refractivity contribution in [1.82, 2.24) is 5.32 Å². The van der Waals surface area contributed by atoms with Gasteiger partial charge >= 0.3 is 0 Å². The summed E-state index contributed by atoms with van der Waals surface area (Å²) in [6.07, 6.45) is 47.7. The van der Waals surface area contributed by atoms with Crippen molar-refractivity contribution in [3.63, 3.8) is 0 Å². The van der Waals surface area contributed by atoms with E-state index < -0.39 is 74.2 Å². The van der Waals surface area contributed by atoms with Crippen LogP contribution >= 0.6 is 0 Å². The van der Waals surface area contributed by atoms with Crippen molar-refractivity contribution in [2.45, 2.75) is 319 Å². The molecule has 0 radical (unpaired) electrons. The fourth-order valence-electron chi connectivity index (χ4n) is 9.36. The number of allylic oxidation sites excluding steroid dienone is 6. The number of nitrogens with one attached hydrogen (secondary N) is 1. The lowest BCUT2D eigenvalue weighted by Gasteiger charge is -2.40. The Bertz CT molecular complexity index is 1230. The summed E-state index contributed by atoms with van der Waals surface area (Å²) in [5.74, 6) is -0.707. The first-order valence-corrected chi connectivity index (χ1v) is 29.4. The molecule has 1 amide bonds. The maximum Gasteiger partial charge on any atom is 0.249 e. The van der Waals surface area contributed by atoms with Crippen molar-refractivity contribution in [2.24, 2.45) is 0 Å². The zero-order chi connectivity index (χ0) is 51.1. The molecule has 9 unspecified atom stereocenters. The molecular formula is C59H111NO10. The minimum Gasteiger partial charge on any atom is -0.394 e. The summed E-state index contributed by atoms with van der Waals surface area (Å²) in [5, 5.41) is 76.1. The van der Waals surface area contributed by atoms with E-state index in [1.165, 1.54) is 173 Å². The topological polar surface area (TPSA) is 189 Å². The van der Waals surface area contributed by atoms with Crippen molar-refractivity contribution < 1.29 is 50.0 Å². The number of rotatable bonds is 50. The predicted octanol–water partition coefficient (Wildman–Crippen LogP) is 12.3. The maximum absolute atomic E-state index is 13.2. The van der Waals surface area contributed by atoms with Crippen LogP contribution in [0.4, 0.5) is 0 Å². The number of aliphatic hydroxyl groups is 7. The third-order valence-corrected chi connectivity index (χ3v) is 14.2. The molecule has 0 saturated carbocycles. The van der Waals surface area contributed by atoms with Gasteiger partial charge in [-0.25, -0.2) is 0 Å². The number of unbranched alkanes of at least 4 members (excludes halogenated alkanes) is 32. The molecule has 0 bridgehead atoms. The van der Waals surface area contributed by atoms with E-state index in [1.54, 1.807) is 0 Å². The third-order valence-electron chi connectivity index (χ3n) is 14.2. The summed E-state index contributed by atoms with van der Waals surface area (Å²) >= 11 is 0. The number of carbonyl (C=O) groups excluding carboxylic acids is 1. The van der Waals surface area contributed by atoms with Gasteiger partial charge in [-0.15, -0.1) is 0 Å². The normalized spacial score (nSPS) is 20.5. The first-order valence-electron chi connectivity index (χ1n) is 29.4. The highest BCUT2D eigenvalue weighted by atomic mass is 16.7. The van der Waals surface area contributed by atoms with Gasteiger partial charge in [-0.1, -0.05) is 230 Å². The van der Waals surface area contributed by atoms with Crippen LogP contribution in [0.15, 0.2) is 36.5 Å². The Hall–Kier alpha value is -1.67. The van der Waals surface area contributed by atoms with E-state index in [0.717, 1.165) is 51.4 Å². The van der Waals surface area contributed by atoms with E-state index >= 15 is 0 Å². The molecule has 1 saturated heterocycles. The summed E-state index contributed by atoms with van der Waals surface area (Å²) in [7, 11) is 0. The third kappa shape index (κ3) is 36.3. The van der Waals surface area contributed by atoms with Gasteiger partial charge in [-0.3, -0.25) is 4.79 Å². The van der Waals surface area contributed by atoms with Crippen LogP contribution < -0.4 is 5.32 Å². The molecule has 11 heteroatoms. The monoisotopic (exact) mass is 994 g/mol. The van der Waals surface area contributed by atoms with E-state index in [1.807, 2.05) is 0 Å². The minimum atomic E-state index is -1.67. The second-order valence-electron chi connectivity index (χ2n) is 20.7. The largest absolute Gasteiger partial charge is 0.394 e. The molecule has 1 heterocycles. The van der Waals surface area contributed by atoms with Gasteiger partial charge in [0.25, 0.3) is 0 Å². The Kier molecular flexibility index (Phi) is 45.8. The summed E-state index contributed by atoms with van der Waals surface area (Å²) < 4.78 is 11.1. The van der Waals surface area contributed by atoms with Gasteiger partial charge in [0.1, 0.15) is 36.6 Å². The Labute approximate surface area is 428 Å². The molecule has 11 nitrogen and oxygen atoms in total. The highest BCUT2D eigenvalue weighted by Gasteiger charge is 2.44. The molecule has 0 aromatic rings. The molecule has 1 aliphatic heterocycles. The van der Waals surface area contributed by atoms with Crippen molar-refractivity contribution in [1.29, 1.82) is 0 Å². The molecule has 412 valence electrons. The van der Waals surface area contributed by atoms with Gasteiger partial charge in [0, 0.05) is 0 Å². The SMILES string of the molecule is CCCCCCCCCCC/C=C\C/C=C\CCCCCCCCCCCCC(O)C(=O)NC(COC1OC(CO)C(O)C(O)C1O)C(O)C(O)CCC/C=C/CCCCCCCCCCCCCC. The highest BCUT2D eigenvalue weighted by Crippen LogP contribution is 2.23. The second-order valence-corrected chi connectivity index (χ2v) is 20.7. The molecule has 70 heavy (non-hydrogen) atoms. The number of amides is 1. The molecule has 0 aromatic carbocycles. The fourth-order valence-corrected chi connectivity index (χ4v) is 9.36. The van der Waals surface area contributed by atoms with Crippen molar-refractivity contribution in [3.05, 3.63) is 36.5 Å². The lowest BCUT2D eigenvalue weighted by atomic mass is 9.98. The van der Waals surface area contributed by atoms with Crippen LogP contribution in [0.2, 0.25) is 0 Å². The molecule has 1 aliphatic rings. The molecule has 0 spiro atoms. The number of hydrogen-bond donors (Lipinski definition) is 8. The van der Waals surface area contributed by atoms with E-state index in [2.05, 4.69) is 55.6 Å². The van der Waals surface area contributed by atoms with E-state index in [-0.39, 0.29) is 12.8 Å². The smallest absolute Gasteiger partial charge is 0.249 e. The van der Waals surface area contributed by atoms with Gasteiger partial charge in [-0.2, -0.15) is 0 Å². The zero-order valence-electron chi connectivity index (χ0n) is 45.0. The van der Waals surface area contributed by atoms with E-state index in [9.17, 15) is 40.5 Å². The molecular weight excluding hydrogens is 883 g/mol. The standard InChI is InChI=1S/C59H111NO10/c1-3-5-7-9-11-13-15-17-19-21-22-23-24-25-26-27-28-29-31-33-35-37-39-41-43-45-47-52(63)58(68)60-50(49-69-59-57(67)56(66)55(65)53(48-61)70-59)54(64)51(62)46-44-42-40-38-36-34-32-30-20-18-16-14-12-10-8-6-4-2/h22-23,25-26,38,40,50-57,59,61-67H,3-21,24,27-37,39,41-49H2,1-2H3,(H,60,68)/b23-22-,26-25-,40-38+. The van der Waals surface area contributed by atoms with Crippen LogP contribution in [0.25, 0.3) is 0 Å². The van der Waals surface area contributed by atoms with Crippen LogP contribution in [0.1, 0.15) is 264 Å². The first-order chi connectivity index (χ1) is 34.2. The van der Waals surface area contributed by atoms with Crippen LogP contribution in [-0.2, 0) is 14.3 Å². The van der Waals surface area contributed by atoms with Gasteiger partial charge in [0.15, 0.2) is 6.29 Å². The summed E-state index contributed by atoms with van der Waals surface area (Å²) in [6, 6.07) is -1.19. The van der Waals surface area contributed by atoms with Gasteiger partial charge < -0.3 is 50.5 Å². The number of carbonyl (C=O) groups is 1. The zero-order valence-corrected chi connectivity index (χ0v) is 45.0. The average molecular weight is 995 g/mol. The Morgan fingerprint density at radius 2 is 0.886 bits per heavy atom. The van der Waals surface area contributed by atoms with E-state index in [0.29, 0.717) is 12.8 Å². The molecule has 0 aromatic heterocycles. The van der Waals surface area contributed by atoms with Crippen molar-refractivity contribution in [2.75, 3.05) is 13.2 Å². The summed E-state index contributed by atoms with van der Waals surface area (Å²) in [5.41, 5.74) is 0. The number of hydrogen-bond acceptors (Lipinski definition) is 10. The minimum absolute atomic E-state index is 0.250. The van der Waals surface area contributed by atoms with Crippen molar-refractivity contribution >= 4 is 5.91 Å². The first kappa shape index (κ1) is 66.3. The Morgan fingerprint density at radius 3 is 1.31 bits per heavy atom. The molecule has 0 aliphatic carbocycles.